The molecule has 3 heteroatoms. The molecule has 1 saturated carbocycles. The summed E-state index contributed by atoms with van der Waals surface area (Å²) in [4.78, 5) is 7.07. The first-order chi connectivity index (χ1) is 9.20. The second-order valence-corrected chi connectivity index (χ2v) is 5.86. The molecule has 0 aliphatic heterocycles. The average molecular weight is 261 g/mol. The molecule has 19 heavy (non-hydrogen) atoms. The molecule has 1 aromatic heterocycles. The molecule has 1 N–H and O–H groups in total. The summed E-state index contributed by atoms with van der Waals surface area (Å²) in [5.74, 6) is 2.05. The Hall–Kier alpha value is -1.09. The van der Waals surface area contributed by atoms with Gasteiger partial charge < -0.3 is 10.2 Å². The van der Waals surface area contributed by atoms with Crippen LogP contribution in [-0.2, 0) is 6.54 Å². The van der Waals surface area contributed by atoms with Crippen LogP contribution in [0.15, 0.2) is 18.3 Å². The molecule has 0 unspecified atom stereocenters. The van der Waals surface area contributed by atoms with Gasteiger partial charge in [0.1, 0.15) is 5.82 Å². The maximum atomic E-state index is 4.63. The van der Waals surface area contributed by atoms with Crippen molar-refractivity contribution in [2.75, 3.05) is 18.0 Å². The molecular weight excluding hydrogens is 234 g/mol. The van der Waals surface area contributed by atoms with Crippen LogP contribution >= 0.6 is 0 Å². The van der Waals surface area contributed by atoms with E-state index in [0.29, 0.717) is 6.04 Å². The minimum absolute atomic E-state index is 0.509. The van der Waals surface area contributed by atoms with Gasteiger partial charge in [-0.2, -0.15) is 0 Å². The SMILES string of the molecule is CCN(CC1CCC1)c1ncccc1CNC(C)C. The van der Waals surface area contributed by atoms with E-state index in [9.17, 15) is 0 Å². The van der Waals surface area contributed by atoms with E-state index in [4.69, 9.17) is 0 Å². The molecule has 0 saturated heterocycles. The Bertz CT molecular complexity index is 385. The smallest absolute Gasteiger partial charge is 0.133 e. The number of hydrogen-bond acceptors (Lipinski definition) is 3. The fourth-order valence-electron chi connectivity index (χ4n) is 2.52. The first kappa shape index (κ1) is 14.3. The lowest BCUT2D eigenvalue weighted by Crippen LogP contribution is -2.34. The monoisotopic (exact) mass is 261 g/mol. The molecule has 1 aliphatic carbocycles. The Balaban J connectivity index is 2.06. The number of pyridine rings is 1. The second kappa shape index (κ2) is 6.90. The number of anilines is 1. The lowest BCUT2D eigenvalue weighted by molar-refractivity contribution is 0.318. The standard InChI is InChI=1S/C16H27N3/c1-4-19(12-14-7-5-8-14)16-15(9-6-10-17-16)11-18-13(2)3/h6,9-10,13-14,18H,4-5,7-8,11-12H2,1-3H3. The van der Waals surface area contributed by atoms with E-state index in [0.717, 1.165) is 19.0 Å². The second-order valence-electron chi connectivity index (χ2n) is 5.86. The average Bonchev–Trinajstić information content (AvgIpc) is 2.36. The summed E-state index contributed by atoms with van der Waals surface area (Å²) in [6.07, 6.45) is 6.11. The fraction of sp³-hybridized carbons (Fsp3) is 0.688. The Labute approximate surface area is 117 Å². The van der Waals surface area contributed by atoms with Crippen molar-refractivity contribution in [1.82, 2.24) is 10.3 Å². The lowest BCUT2D eigenvalue weighted by atomic mass is 9.85. The van der Waals surface area contributed by atoms with Gasteiger partial charge in [0.05, 0.1) is 0 Å². The Morgan fingerprint density at radius 1 is 1.42 bits per heavy atom. The van der Waals surface area contributed by atoms with Crippen molar-refractivity contribution in [3.63, 3.8) is 0 Å². The van der Waals surface area contributed by atoms with Gasteiger partial charge in [0.2, 0.25) is 0 Å². The molecule has 0 bridgehead atoms. The van der Waals surface area contributed by atoms with E-state index < -0.39 is 0 Å². The van der Waals surface area contributed by atoms with Gasteiger partial charge in [0, 0.05) is 37.4 Å². The van der Waals surface area contributed by atoms with Crippen molar-refractivity contribution in [3.8, 4) is 0 Å². The number of hydrogen-bond donors (Lipinski definition) is 1. The van der Waals surface area contributed by atoms with Crippen LogP contribution in [-0.4, -0.2) is 24.1 Å². The summed E-state index contributed by atoms with van der Waals surface area (Å²) in [7, 11) is 0. The van der Waals surface area contributed by atoms with Crippen LogP contribution < -0.4 is 10.2 Å². The quantitative estimate of drug-likeness (QED) is 0.817. The van der Waals surface area contributed by atoms with Gasteiger partial charge in [-0.25, -0.2) is 4.98 Å². The van der Waals surface area contributed by atoms with Crippen molar-refractivity contribution in [3.05, 3.63) is 23.9 Å². The Kier molecular flexibility index (Phi) is 5.20. The van der Waals surface area contributed by atoms with Crippen LogP contribution in [0.3, 0.4) is 0 Å². The van der Waals surface area contributed by atoms with Crippen molar-refractivity contribution in [2.45, 2.75) is 52.6 Å². The van der Waals surface area contributed by atoms with Crippen molar-refractivity contribution in [1.29, 1.82) is 0 Å². The zero-order valence-corrected chi connectivity index (χ0v) is 12.5. The summed E-state index contributed by atoms with van der Waals surface area (Å²) < 4.78 is 0. The molecule has 0 atom stereocenters. The molecule has 0 radical (unpaired) electrons. The third kappa shape index (κ3) is 3.93. The van der Waals surface area contributed by atoms with Gasteiger partial charge in [0.25, 0.3) is 0 Å². The molecule has 1 heterocycles. The summed E-state index contributed by atoms with van der Waals surface area (Å²) >= 11 is 0. The lowest BCUT2D eigenvalue weighted by Gasteiger charge is -2.33. The highest BCUT2D eigenvalue weighted by atomic mass is 15.2. The molecule has 0 spiro atoms. The van der Waals surface area contributed by atoms with Crippen LogP contribution in [0, 0.1) is 5.92 Å². The minimum atomic E-state index is 0.509. The van der Waals surface area contributed by atoms with Gasteiger partial charge in [-0.3, -0.25) is 0 Å². The maximum Gasteiger partial charge on any atom is 0.133 e. The summed E-state index contributed by atoms with van der Waals surface area (Å²) in [5, 5.41) is 3.50. The number of aromatic nitrogens is 1. The normalized spacial score (nSPS) is 15.6. The first-order valence-corrected chi connectivity index (χ1v) is 7.63. The van der Waals surface area contributed by atoms with Crippen molar-refractivity contribution in [2.24, 2.45) is 5.92 Å². The molecule has 3 nitrogen and oxygen atoms in total. The zero-order valence-electron chi connectivity index (χ0n) is 12.5. The summed E-state index contributed by atoms with van der Waals surface area (Å²) in [6.45, 7) is 9.71. The van der Waals surface area contributed by atoms with Crippen LogP contribution in [0.1, 0.15) is 45.6 Å². The van der Waals surface area contributed by atoms with Gasteiger partial charge in [-0.05, 0) is 31.7 Å². The number of nitrogens with one attached hydrogen (secondary N) is 1. The predicted octanol–water partition coefficient (Wildman–Crippen LogP) is 3.21. The third-order valence-electron chi connectivity index (χ3n) is 3.95. The topological polar surface area (TPSA) is 28.2 Å². The van der Waals surface area contributed by atoms with E-state index in [1.807, 2.05) is 12.3 Å². The molecule has 1 aromatic rings. The molecular formula is C16H27N3. The molecule has 0 aromatic carbocycles. The largest absolute Gasteiger partial charge is 0.356 e. The van der Waals surface area contributed by atoms with E-state index in [1.165, 1.54) is 37.2 Å². The van der Waals surface area contributed by atoms with Crippen LogP contribution in [0.4, 0.5) is 5.82 Å². The van der Waals surface area contributed by atoms with E-state index in [-0.39, 0.29) is 0 Å². The third-order valence-corrected chi connectivity index (χ3v) is 3.95. The predicted molar refractivity (Wildman–Crippen MR) is 81.4 cm³/mol. The highest BCUT2D eigenvalue weighted by Crippen LogP contribution is 2.29. The minimum Gasteiger partial charge on any atom is -0.356 e. The Morgan fingerprint density at radius 2 is 2.21 bits per heavy atom. The van der Waals surface area contributed by atoms with E-state index >= 15 is 0 Å². The van der Waals surface area contributed by atoms with Gasteiger partial charge in [0.15, 0.2) is 0 Å². The first-order valence-electron chi connectivity index (χ1n) is 7.63. The van der Waals surface area contributed by atoms with Crippen LogP contribution in [0.25, 0.3) is 0 Å². The van der Waals surface area contributed by atoms with Crippen LogP contribution in [0.2, 0.25) is 0 Å². The van der Waals surface area contributed by atoms with Crippen LogP contribution in [0.5, 0.6) is 0 Å². The maximum absolute atomic E-state index is 4.63. The Morgan fingerprint density at radius 3 is 2.79 bits per heavy atom. The molecule has 106 valence electrons. The summed E-state index contributed by atoms with van der Waals surface area (Å²) in [5.41, 5.74) is 1.32. The number of nitrogens with zero attached hydrogens (tertiary/aromatic N) is 2. The van der Waals surface area contributed by atoms with Gasteiger partial charge in [-0.15, -0.1) is 0 Å². The van der Waals surface area contributed by atoms with Gasteiger partial charge >= 0.3 is 0 Å². The summed E-state index contributed by atoms with van der Waals surface area (Å²) in [6, 6.07) is 4.74. The molecule has 1 aliphatic rings. The van der Waals surface area contributed by atoms with Crippen molar-refractivity contribution < 1.29 is 0 Å². The highest BCUT2D eigenvalue weighted by molar-refractivity contribution is 5.46. The van der Waals surface area contributed by atoms with E-state index in [2.05, 4.69) is 42.0 Å². The number of rotatable bonds is 7. The zero-order chi connectivity index (χ0) is 13.7. The van der Waals surface area contributed by atoms with Gasteiger partial charge in [-0.1, -0.05) is 26.3 Å². The molecule has 1 fully saturated rings. The van der Waals surface area contributed by atoms with E-state index in [1.54, 1.807) is 0 Å². The molecule has 2 rings (SSSR count). The highest BCUT2D eigenvalue weighted by Gasteiger charge is 2.21. The fourth-order valence-corrected chi connectivity index (χ4v) is 2.52. The molecule has 0 amide bonds. The van der Waals surface area contributed by atoms with Crippen molar-refractivity contribution >= 4 is 5.82 Å².